The predicted octanol–water partition coefficient (Wildman–Crippen LogP) is 2.36. The Morgan fingerprint density at radius 2 is 1.87 bits per heavy atom. The van der Waals surface area contributed by atoms with Gasteiger partial charge < -0.3 is 20.5 Å². The van der Waals surface area contributed by atoms with Crippen LogP contribution in [0.4, 0.5) is 4.79 Å². The van der Waals surface area contributed by atoms with E-state index in [1.54, 1.807) is 20.8 Å². The first-order chi connectivity index (χ1) is 10.8. The first kappa shape index (κ1) is 19.0. The fourth-order valence-electron chi connectivity index (χ4n) is 1.88. The summed E-state index contributed by atoms with van der Waals surface area (Å²) in [5.41, 5.74) is 5.63. The van der Waals surface area contributed by atoms with Gasteiger partial charge in [0.15, 0.2) is 0 Å². The highest BCUT2D eigenvalue weighted by Gasteiger charge is 2.20. The minimum atomic E-state index is -0.580. The molecule has 23 heavy (non-hydrogen) atoms. The summed E-state index contributed by atoms with van der Waals surface area (Å²) in [6.07, 6.45) is 0.0497. The summed E-state index contributed by atoms with van der Waals surface area (Å²) in [7, 11) is 0. The van der Waals surface area contributed by atoms with Crippen molar-refractivity contribution >= 4 is 12.0 Å². The molecule has 0 bridgehead atoms. The highest BCUT2D eigenvalue weighted by Crippen LogP contribution is 2.08. The molecular formula is C17H26N2O4. The Labute approximate surface area is 137 Å². The Kier molecular flexibility index (Phi) is 7.54. The van der Waals surface area contributed by atoms with Crippen molar-refractivity contribution in [3.8, 4) is 0 Å². The molecule has 1 atom stereocenters. The maximum absolute atomic E-state index is 11.8. The second-order valence-electron chi connectivity index (χ2n) is 6.35. The molecule has 0 radical (unpaired) electrons. The third kappa shape index (κ3) is 9.52. The number of primary amides is 1. The van der Waals surface area contributed by atoms with Crippen LogP contribution in [0.25, 0.3) is 0 Å². The van der Waals surface area contributed by atoms with E-state index in [1.165, 1.54) is 0 Å². The molecule has 1 aromatic rings. The zero-order valence-corrected chi connectivity index (χ0v) is 14.0. The van der Waals surface area contributed by atoms with E-state index >= 15 is 0 Å². The lowest BCUT2D eigenvalue weighted by atomic mass is 10.1. The van der Waals surface area contributed by atoms with Crippen molar-refractivity contribution in [2.45, 2.75) is 51.9 Å². The number of carbonyl (C=O) groups excluding carboxylic acids is 2. The molecule has 1 unspecified atom stereocenters. The summed E-state index contributed by atoms with van der Waals surface area (Å²) >= 11 is 0. The van der Waals surface area contributed by atoms with Crippen molar-refractivity contribution in [2.24, 2.45) is 5.73 Å². The Morgan fingerprint density at radius 3 is 2.43 bits per heavy atom. The number of ether oxygens (including phenoxy) is 2. The highest BCUT2D eigenvalue weighted by atomic mass is 16.6. The number of nitrogens with two attached hydrogens (primary N) is 1. The molecule has 0 spiro atoms. The van der Waals surface area contributed by atoms with Crippen molar-refractivity contribution in [1.82, 2.24) is 5.32 Å². The van der Waals surface area contributed by atoms with Crippen LogP contribution in [0.2, 0.25) is 0 Å². The second kappa shape index (κ2) is 9.15. The Morgan fingerprint density at radius 1 is 1.22 bits per heavy atom. The van der Waals surface area contributed by atoms with E-state index in [0.717, 1.165) is 5.56 Å². The monoisotopic (exact) mass is 322 g/mol. The van der Waals surface area contributed by atoms with E-state index in [4.69, 9.17) is 15.2 Å². The van der Waals surface area contributed by atoms with Crippen LogP contribution in [0.1, 0.15) is 39.2 Å². The van der Waals surface area contributed by atoms with Crippen LogP contribution in [0.15, 0.2) is 30.3 Å². The van der Waals surface area contributed by atoms with Gasteiger partial charge in [-0.1, -0.05) is 30.3 Å². The maximum atomic E-state index is 11.8. The molecule has 0 aromatic heterocycles. The van der Waals surface area contributed by atoms with Crippen molar-refractivity contribution < 1.29 is 19.1 Å². The number of benzene rings is 1. The Hall–Kier alpha value is -2.08. The van der Waals surface area contributed by atoms with Gasteiger partial charge in [0.05, 0.1) is 19.3 Å². The van der Waals surface area contributed by atoms with Crippen LogP contribution in [0.5, 0.6) is 0 Å². The summed E-state index contributed by atoms with van der Waals surface area (Å²) in [5.74, 6) is -0.413. The van der Waals surface area contributed by atoms with Gasteiger partial charge in [-0.15, -0.1) is 0 Å². The highest BCUT2D eigenvalue weighted by molar-refractivity contribution is 5.74. The number of hydrogen-bond acceptors (Lipinski definition) is 4. The van der Waals surface area contributed by atoms with Gasteiger partial charge in [0.25, 0.3) is 0 Å². The van der Waals surface area contributed by atoms with E-state index in [2.05, 4.69) is 5.32 Å². The van der Waals surface area contributed by atoms with Crippen molar-refractivity contribution in [2.75, 3.05) is 6.61 Å². The topological polar surface area (TPSA) is 90.6 Å². The smallest absolute Gasteiger partial charge is 0.407 e. The SMILES string of the molecule is CC(C)(C)OC(=O)NC(CCC(N)=O)COCc1ccccc1. The van der Waals surface area contributed by atoms with Gasteiger partial charge in [-0.3, -0.25) is 4.79 Å². The summed E-state index contributed by atoms with van der Waals surface area (Å²) in [6.45, 7) is 6.08. The molecule has 1 aromatic carbocycles. The molecule has 0 fully saturated rings. The first-order valence-electron chi connectivity index (χ1n) is 7.66. The number of carbonyl (C=O) groups is 2. The molecule has 0 saturated heterocycles. The first-order valence-corrected chi connectivity index (χ1v) is 7.66. The van der Waals surface area contributed by atoms with Crippen LogP contribution in [-0.2, 0) is 20.9 Å². The molecule has 0 saturated carbocycles. The minimum absolute atomic E-state index is 0.176. The molecule has 2 amide bonds. The summed E-state index contributed by atoms with van der Waals surface area (Å²) < 4.78 is 10.8. The van der Waals surface area contributed by atoms with Gasteiger partial charge in [0.2, 0.25) is 5.91 Å². The summed E-state index contributed by atoms with van der Waals surface area (Å²) in [5, 5.41) is 2.72. The van der Waals surface area contributed by atoms with Crippen LogP contribution < -0.4 is 11.1 Å². The van der Waals surface area contributed by atoms with Gasteiger partial charge in [0.1, 0.15) is 5.60 Å². The molecular weight excluding hydrogens is 296 g/mol. The molecule has 6 heteroatoms. The molecule has 0 aliphatic rings. The normalized spacial score (nSPS) is 12.5. The van der Waals surface area contributed by atoms with E-state index in [0.29, 0.717) is 13.0 Å². The van der Waals surface area contributed by atoms with E-state index in [9.17, 15) is 9.59 Å². The summed E-state index contributed by atoms with van der Waals surface area (Å²) in [6, 6.07) is 9.38. The Bertz CT molecular complexity index is 497. The van der Waals surface area contributed by atoms with Crippen LogP contribution in [-0.4, -0.2) is 30.3 Å². The predicted molar refractivity (Wildman–Crippen MR) is 87.7 cm³/mol. The number of alkyl carbamates (subject to hydrolysis) is 1. The maximum Gasteiger partial charge on any atom is 0.407 e. The fraction of sp³-hybridized carbons (Fsp3) is 0.529. The molecule has 0 heterocycles. The molecule has 6 nitrogen and oxygen atoms in total. The van der Waals surface area contributed by atoms with Crippen LogP contribution in [0.3, 0.4) is 0 Å². The minimum Gasteiger partial charge on any atom is -0.444 e. The lowest BCUT2D eigenvalue weighted by Crippen LogP contribution is -2.42. The van der Waals surface area contributed by atoms with Crippen molar-refractivity contribution in [3.05, 3.63) is 35.9 Å². The average Bonchev–Trinajstić information content (AvgIpc) is 2.43. The third-order valence-corrected chi connectivity index (χ3v) is 2.89. The Balaban J connectivity index is 2.47. The standard InChI is InChI=1S/C17H26N2O4/c1-17(2,3)23-16(21)19-14(9-10-15(18)20)12-22-11-13-7-5-4-6-8-13/h4-8,14H,9-12H2,1-3H3,(H2,18,20)(H,19,21). The van der Waals surface area contributed by atoms with Crippen LogP contribution in [0, 0.1) is 0 Å². The van der Waals surface area contributed by atoms with Gasteiger partial charge in [-0.05, 0) is 32.8 Å². The molecule has 0 aliphatic heterocycles. The number of rotatable bonds is 8. The van der Waals surface area contributed by atoms with E-state index in [1.807, 2.05) is 30.3 Å². The van der Waals surface area contributed by atoms with Crippen LogP contribution >= 0.6 is 0 Å². The summed E-state index contributed by atoms with van der Waals surface area (Å²) in [4.78, 5) is 22.8. The third-order valence-electron chi connectivity index (χ3n) is 2.89. The van der Waals surface area contributed by atoms with Crippen molar-refractivity contribution in [1.29, 1.82) is 0 Å². The zero-order chi connectivity index (χ0) is 17.3. The molecule has 3 N–H and O–H groups in total. The molecule has 128 valence electrons. The number of amides is 2. The van der Waals surface area contributed by atoms with Gasteiger partial charge in [-0.2, -0.15) is 0 Å². The number of nitrogens with one attached hydrogen (secondary N) is 1. The van der Waals surface area contributed by atoms with Gasteiger partial charge >= 0.3 is 6.09 Å². The zero-order valence-electron chi connectivity index (χ0n) is 14.0. The fourth-order valence-corrected chi connectivity index (χ4v) is 1.88. The van der Waals surface area contributed by atoms with Crippen molar-refractivity contribution in [3.63, 3.8) is 0 Å². The van der Waals surface area contributed by atoms with E-state index < -0.39 is 17.6 Å². The van der Waals surface area contributed by atoms with Gasteiger partial charge in [-0.25, -0.2) is 4.79 Å². The second-order valence-corrected chi connectivity index (χ2v) is 6.35. The average molecular weight is 322 g/mol. The quantitative estimate of drug-likeness (QED) is 0.768. The largest absolute Gasteiger partial charge is 0.444 e. The molecule has 0 aliphatic carbocycles. The van der Waals surface area contributed by atoms with E-state index in [-0.39, 0.29) is 19.1 Å². The van der Waals surface area contributed by atoms with Gasteiger partial charge in [0, 0.05) is 6.42 Å². The number of hydrogen-bond donors (Lipinski definition) is 2. The lowest BCUT2D eigenvalue weighted by molar-refractivity contribution is -0.118. The lowest BCUT2D eigenvalue weighted by Gasteiger charge is -2.23. The molecule has 1 rings (SSSR count).